The molecule has 7 rings (SSSR count). The Labute approximate surface area is 257 Å². The quantitative estimate of drug-likeness (QED) is 0.243. The van der Waals surface area contributed by atoms with Gasteiger partial charge in [-0.05, 0) is 52.7 Å². The van der Waals surface area contributed by atoms with E-state index in [0.29, 0.717) is 67.6 Å². The Bertz CT molecular complexity index is 2150. The third-order valence-electron chi connectivity index (χ3n) is 7.68. The molecule has 12 heteroatoms. The number of carbonyl (C=O) groups is 2. The van der Waals surface area contributed by atoms with Crippen LogP contribution in [0.4, 0.5) is 5.82 Å². The van der Waals surface area contributed by atoms with Gasteiger partial charge in [0.1, 0.15) is 0 Å². The van der Waals surface area contributed by atoms with E-state index < -0.39 is 0 Å². The lowest BCUT2D eigenvalue weighted by atomic mass is 10.0. The van der Waals surface area contributed by atoms with E-state index in [1.54, 1.807) is 71.1 Å². The largest absolute Gasteiger partial charge is 0.370 e. The van der Waals surface area contributed by atoms with Crippen molar-refractivity contribution in [1.82, 2.24) is 24.2 Å². The van der Waals surface area contributed by atoms with Crippen molar-refractivity contribution in [2.75, 3.05) is 18.9 Å². The van der Waals surface area contributed by atoms with Crippen molar-refractivity contribution in [3.63, 3.8) is 0 Å². The number of hydrogen-bond acceptors (Lipinski definition) is 7. The van der Waals surface area contributed by atoms with E-state index >= 15 is 0 Å². The molecule has 4 heterocycles. The predicted molar refractivity (Wildman–Crippen MR) is 165 cm³/mol. The molecule has 0 saturated heterocycles. The molecule has 3 aromatic carbocycles. The molecule has 0 radical (unpaired) electrons. The Morgan fingerprint density at radius 1 is 1.05 bits per heavy atom. The van der Waals surface area contributed by atoms with Gasteiger partial charge in [0.15, 0.2) is 22.8 Å². The van der Waals surface area contributed by atoms with Crippen molar-refractivity contribution in [3.8, 4) is 5.69 Å². The number of halogens is 2. The Hall–Kier alpha value is -4.74. The number of rotatable bonds is 5. The summed E-state index contributed by atoms with van der Waals surface area (Å²) in [5.74, 6) is 0.0713. The minimum absolute atomic E-state index is 0.127. The monoisotopic (exact) mass is 656 g/mol. The van der Waals surface area contributed by atoms with E-state index in [4.69, 9.17) is 16.1 Å². The number of nitrogens with zero attached hydrogens (tertiary/aromatic N) is 5. The summed E-state index contributed by atoms with van der Waals surface area (Å²) in [4.78, 5) is 43.2. The summed E-state index contributed by atoms with van der Waals surface area (Å²) in [5, 5.41) is 12.8. The van der Waals surface area contributed by atoms with Gasteiger partial charge >= 0.3 is 0 Å². The highest BCUT2D eigenvalue weighted by Crippen LogP contribution is 2.29. The summed E-state index contributed by atoms with van der Waals surface area (Å²) < 4.78 is 9.31. The zero-order valence-corrected chi connectivity index (χ0v) is 25.0. The summed E-state index contributed by atoms with van der Waals surface area (Å²) in [7, 11) is 1.75. The van der Waals surface area contributed by atoms with Crippen LogP contribution in [0, 0.1) is 0 Å². The Morgan fingerprint density at radius 2 is 1.86 bits per heavy atom. The first-order valence-corrected chi connectivity index (χ1v) is 14.6. The van der Waals surface area contributed by atoms with Crippen LogP contribution in [0.1, 0.15) is 37.5 Å². The number of ketones is 1. The molecule has 43 heavy (non-hydrogen) atoms. The van der Waals surface area contributed by atoms with Crippen molar-refractivity contribution in [3.05, 3.63) is 121 Å². The van der Waals surface area contributed by atoms with Gasteiger partial charge in [0.05, 0.1) is 40.1 Å². The number of aromatic nitrogens is 4. The fourth-order valence-corrected chi connectivity index (χ4v) is 5.96. The highest BCUT2D eigenvalue weighted by atomic mass is 79.9. The molecule has 1 aliphatic rings. The van der Waals surface area contributed by atoms with Gasteiger partial charge in [-0.3, -0.25) is 19.0 Å². The van der Waals surface area contributed by atoms with Gasteiger partial charge in [-0.25, -0.2) is 4.52 Å². The van der Waals surface area contributed by atoms with Crippen LogP contribution in [0.3, 0.4) is 0 Å². The maximum atomic E-state index is 14.3. The molecule has 10 nitrogen and oxygen atoms in total. The van der Waals surface area contributed by atoms with Gasteiger partial charge in [0, 0.05) is 40.8 Å². The third kappa shape index (κ3) is 4.43. The average molecular weight is 658 g/mol. The number of fused-ring (bicyclic) bond motifs is 4. The van der Waals surface area contributed by atoms with E-state index in [1.807, 2.05) is 12.1 Å². The van der Waals surface area contributed by atoms with Gasteiger partial charge < -0.3 is 14.7 Å². The van der Waals surface area contributed by atoms with Crippen LogP contribution in [-0.2, 0) is 13.0 Å². The van der Waals surface area contributed by atoms with E-state index in [-0.39, 0.29) is 29.4 Å². The topological polar surface area (TPSA) is 115 Å². The van der Waals surface area contributed by atoms with Crippen LogP contribution < -0.4 is 10.9 Å². The van der Waals surface area contributed by atoms with Crippen LogP contribution in [0.25, 0.3) is 22.3 Å². The van der Waals surface area contributed by atoms with E-state index in [1.165, 1.54) is 10.8 Å². The minimum Gasteiger partial charge on any atom is -0.370 e. The van der Waals surface area contributed by atoms with Crippen LogP contribution in [-0.4, -0.2) is 49.5 Å². The Kier molecular flexibility index (Phi) is 6.63. The summed E-state index contributed by atoms with van der Waals surface area (Å²) in [5.41, 5.74) is 3.18. The maximum absolute atomic E-state index is 14.3. The third-order valence-corrected chi connectivity index (χ3v) is 8.91. The number of anilines is 1. The van der Waals surface area contributed by atoms with E-state index in [2.05, 4.69) is 31.5 Å². The highest BCUT2D eigenvalue weighted by Gasteiger charge is 2.31. The van der Waals surface area contributed by atoms with Crippen molar-refractivity contribution in [1.29, 1.82) is 0 Å². The van der Waals surface area contributed by atoms with Crippen LogP contribution >= 0.6 is 27.5 Å². The fraction of sp³-hybridized carbons (Fsp3) is 0.129. The van der Waals surface area contributed by atoms with Crippen molar-refractivity contribution in [2.45, 2.75) is 13.0 Å². The zero-order chi connectivity index (χ0) is 29.8. The predicted octanol–water partition coefficient (Wildman–Crippen LogP) is 5.51. The first-order chi connectivity index (χ1) is 20.9. The van der Waals surface area contributed by atoms with Gasteiger partial charge in [-0.2, -0.15) is 5.10 Å². The number of hydrogen-bond donors (Lipinski definition) is 1. The second kappa shape index (κ2) is 10.5. The molecule has 1 N–H and O–H groups in total. The van der Waals surface area contributed by atoms with Gasteiger partial charge in [0.25, 0.3) is 11.5 Å². The lowest BCUT2D eigenvalue weighted by Gasteiger charge is -2.29. The summed E-state index contributed by atoms with van der Waals surface area (Å²) in [6.07, 6.45) is 1.78. The molecule has 3 aromatic heterocycles. The van der Waals surface area contributed by atoms with Crippen LogP contribution in [0.5, 0.6) is 0 Å². The van der Waals surface area contributed by atoms with E-state index in [0.717, 1.165) is 5.39 Å². The van der Waals surface area contributed by atoms with Crippen LogP contribution in [0.15, 0.2) is 86.7 Å². The van der Waals surface area contributed by atoms with Crippen molar-refractivity contribution < 1.29 is 14.1 Å². The second-order valence-electron chi connectivity index (χ2n) is 10.1. The SMILES string of the molecule is CNc1noc2cc(-n3c(=O)c4c(n5ncc(C(=O)c6ccccc6)c35)CN(C(=O)c3ccc(Br)c(Cl)c3)CC4)ccc12. The molecule has 0 atom stereocenters. The lowest BCUT2D eigenvalue weighted by molar-refractivity contribution is 0.0729. The number of nitrogens with one attached hydrogen (secondary N) is 1. The fourth-order valence-electron chi connectivity index (χ4n) is 5.53. The van der Waals surface area contributed by atoms with Crippen molar-refractivity contribution in [2.24, 2.45) is 0 Å². The molecule has 0 aliphatic carbocycles. The maximum Gasteiger partial charge on any atom is 0.261 e. The van der Waals surface area contributed by atoms with Gasteiger partial charge in [-0.1, -0.05) is 47.1 Å². The summed E-state index contributed by atoms with van der Waals surface area (Å²) in [6, 6.07) is 19.2. The number of benzene rings is 3. The van der Waals surface area contributed by atoms with Crippen molar-refractivity contribution >= 4 is 61.7 Å². The molecule has 214 valence electrons. The van der Waals surface area contributed by atoms with Gasteiger partial charge in [0.2, 0.25) is 0 Å². The number of carbonyl (C=O) groups excluding carboxylic acids is 2. The molecule has 0 saturated carbocycles. The first kappa shape index (κ1) is 27.1. The molecule has 0 bridgehead atoms. The number of amides is 1. The summed E-state index contributed by atoms with van der Waals surface area (Å²) >= 11 is 9.62. The van der Waals surface area contributed by atoms with Gasteiger partial charge in [-0.15, -0.1) is 0 Å². The molecule has 0 spiro atoms. The smallest absolute Gasteiger partial charge is 0.261 e. The lowest BCUT2D eigenvalue weighted by Crippen LogP contribution is -2.41. The molecule has 1 aliphatic heterocycles. The highest BCUT2D eigenvalue weighted by molar-refractivity contribution is 9.10. The molecule has 6 aromatic rings. The molecule has 1 amide bonds. The van der Waals surface area contributed by atoms with Crippen LogP contribution in [0.2, 0.25) is 5.02 Å². The molecular weight excluding hydrogens is 636 g/mol. The zero-order valence-electron chi connectivity index (χ0n) is 22.7. The second-order valence-corrected chi connectivity index (χ2v) is 11.4. The Balaban J connectivity index is 1.42. The average Bonchev–Trinajstić information content (AvgIpc) is 3.66. The van der Waals surface area contributed by atoms with E-state index in [9.17, 15) is 14.4 Å². The molecular formula is C31H22BrClN6O4. The standard InChI is InChI=1S/C31H22BrClN6O4/c1-34-28-21-9-8-19(14-26(21)43-36-28)38-29-22(27(40)17-5-3-2-4-6-17)15-35-39(29)25-16-37(12-11-20(25)31(38)42)30(41)18-7-10-23(32)24(33)13-18/h2-10,13-15H,11-12,16H2,1H3,(H,34,36). The minimum atomic E-state index is -0.295. The summed E-state index contributed by atoms with van der Waals surface area (Å²) in [6.45, 7) is 0.450. The Morgan fingerprint density at radius 3 is 2.63 bits per heavy atom. The normalized spacial score (nSPS) is 13.0. The molecule has 0 fully saturated rings. The first-order valence-electron chi connectivity index (χ1n) is 13.4. The molecule has 0 unspecified atom stereocenters.